The van der Waals surface area contributed by atoms with E-state index in [2.05, 4.69) is 12.2 Å². The first-order chi connectivity index (χ1) is 9.78. The summed E-state index contributed by atoms with van der Waals surface area (Å²) in [5.74, 6) is -0.182. The minimum absolute atomic E-state index is 0.182. The van der Waals surface area contributed by atoms with E-state index < -0.39 is 17.1 Å². The quantitative estimate of drug-likeness (QED) is 0.434. The zero-order valence-electron chi connectivity index (χ0n) is 14.3. The average Bonchev–Trinajstić information content (AvgIpc) is 2.40. The summed E-state index contributed by atoms with van der Waals surface area (Å²) in [6.45, 7) is 9.62. The lowest BCUT2D eigenvalue weighted by Crippen LogP contribution is -2.44. The van der Waals surface area contributed by atoms with Gasteiger partial charge in [0.15, 0.2) is 0 Å². The molecule has 8 heteroatoms. The van der Waals surface area contributed by atoms with E-state index in [0.29, 0.717) is 13.2 Å². The molecular weight excluding hydrogens is 306 g/mol. The molecule has 0 aliphatic heterocycles. The molecule has 0 rings (SSSR count). The molecule has 0 unspecified atom stereocenters. The second-order valence-corrected chi connectivity index (χ2v) is 13.2. The molecule has 0 fully saturated rings. The van der Waals surface area contributed by atoms with Crippen LogP contribution in [0, 0.1) is 0 Å². The Labute approximate surface area is 131 Å². The molecule has 0 radical (unpaired) electrons. The number of carbonyl (C=O) groups excluding carboxylic acids is 1. The maximum absolute atomic E-state index is 11.6. The van der Waals surface area contributed by atoms with E-state index in [1.807, 2.05) is 19.6 Å². The molecule has 1 N–H and O–H groups in total. The van der Waals surface area contributed by atoms with Crippen molar-refractivity contribution in [1.29, 1.82) is 0 Å². The van der Waals surface area contributed by atoms with Gasteiger partial charge in [0.1, 0.15) is 0 Å². The van der Waals surface area contributed by atoms with Gasteiger partial charge in [-0.3, -0.25) is 4.79 Å². The molecule has 0 spiro atoms. The summed E-state index contributed by atoms with van der Waals surface area (Å²) in [6.07, 6.45) is 1.76. The van der Waals surface area contributed by atoms with Gasteiger partial charge in [-0.05, 0) is 39.0 Å². The molecule has 0 amide bonds. The first-order valence-corrected chi connectivity index (χ1v) is 12.8. The van der Waals surface area contributed by atoms with Crippen LogP contribution in [-0.4, -0.2) is 57.0 Å². The molecule has 0 aromatic carbocycles. The van der Waals surface area contributed by atoms with Gasteiger partial charge in [0.25, 0.3) is 0 Å². The van der Waals surface area contributed by atoms with Gasteiger partial charge in [-0.1, -0.05) is 6.92 Å². The summed E-state index contributed by atoms with van der Waals surface area (Å²) in [6, 6.07) is 0.732. The monoisotopic (exact) mass is 337 g/mol. The number of hydrogen-bond acceptors (Lipinski definition) is 6. The number of hydrogen-bond donors (Lipinski definition) is 1. The molecule has 6 nitrogen and oxygen atoms in total. The Morgan fingerprint density at radius 3 is 2.24 bits per heavy atom. The molecule has 0 aliphatic carbocycles. The minimum atomic E-state index is -2.53. The highest BCUT2D eigenvalue weighted by Gasteiger charge is 2.37. The highest BCUT2D eigenvalue weighted by atomic mass is 28.4. The van der Waals surface area contributed by atoms with E-state index in [-0.39, 0.29) is 12.5 Å². The van der Waals surface area contributed by atoms with Crippen LogP contribution in [0.3, 0.4) is 0 Å². The Morgan fingerprint density at radius 1 is 1.14 bits per heavy atom. The van der Waals surface area contributed by atoms with Crippen molar-refractivity contribution in [3.8, 4) is 0 Å². The fourth-order valence-electron chi connectivity index (χ4n) is 1.73. The van der Waals surface area contributed by atoms with E-state index >= 15 is 0 Å². The molecule has 0 bridgehead atoms. The highest BCUT2D eigenvalue weighted by Crippen LogP contribution is 2.16. The maximum atomic E-state index is 11.6. The first-order valence-electron chi connectivity index (χ1n) is 7.45. The summed E-state index contributed by atoms with van der Waals surface area (Å²) in [7, 11) is -1.06. The van der Waals surface area contributed by atoms with Gasteiger partial charge < -0.3 is 23.0 Å². The number of carbonyl (C=O) groups is 1. The van der Waals surface area contributed by atoms with Crippen molar-refractivity contribution in [2.45, 2.75) is 45.5 Å². The van der Waals surface area contributed by atoms with Gasteiger partial charge in [0, 0.05) is 26.9 Å². The van der Waals surface area contributed by atoms with Crippen molar-refractivity contribution >= 4 is 23.1 Å². The number of rotatable bonds is 12. The standard InChI is InChI=1S/C13H31NO5Si2/c1-7-10-18-21(16-2,17-3)11-8-9-14-12-13(15)19-20(4,5)6/h14H,7-12H2,1-6H3. The average molecular weight is 338 g/mol. The molecule has 0 aromatic rings. The third-order valence-electron chi connectivity index (χ3n) is 2.67. The normalized spacial score (nSPS) is 12.5. The lowest BCUT2D eigenvalue weighted by Gasteiger charge is -2.26. The lowest BCUT2D eigenvalue weighted by molar-refractivity contribution is -0.134. The topological polar surface area (TPSA) is 66.0 Å². The van der Waals surface area contributed by atoms with Crippen LogP contribution in [0.15, 0.2) is 0 Å². The fourth-order valence-corrected chi connectivity index (χ4v) is 4.57. The minimum Gasteiger partial charge on any atom is -0.519 e. The first kappa shape index (κ1) is 20.7. The van der Waals surface area contributed by atoms with E-state index in [9.17, 15) is 4.79 Å². The summed E-state index contributed by atoms with van der Waals surface area (Å²) in [5.41, 5.74) is 0. The van der Waals surface area contributed by atoms with Crippen LogP contribution in [0.5, 0.6) is 0 Å². The van der Waals surface area contributed by atoms with E-state index in [1.165, 1.54) is 0 Å². The van der Waals surface area contributed by atoms with Gasteiger partial charge in [-0.25, -0.2) is 0 Å². The van der Waals surface area contributed by atoms with Crippen molar-refractivity contribution in [2.75, 3.05) is 33.9 Å². The van der Waals surface area contributed by atoms with E-state index in [1.54, 1.807) is 14.2 Å². The van der Waals surface area contributed by atoms with Crippen LogP contribution in [-0.2, 0) is 22.5 Å². The molecule has 0 saturated carbocycles. The predicted octanol–water partition coefficient (Wildman–Crippen LogP) is 2.00. The fraction of sp³-hybridized carbons (Fsp3) is 0.923. The van der Waals surface area contributed by atoms with Gasteiger partial charge in [-0.2, -0.15) is 0 Å². The molecular formula is C13H31NO5Si2. The molecule has 0 atom stereocenters. The summed E-state index contributed by atoms with van der Waals surface area (Å²) in [4.78, 5) is 11.6. The van der Waals surface area contributed by atoms with Crippen LogP contribution in [0.4, 0.5) is 0 Å². The molecule has 0 aliphatic rings. The Balaban J connectivity index is 3.93. The largest absolute Gasteiger partial charge is 0.519 e. The Morgan fingerprint density at radius 2 is 1.76 bits per heavy atom. The highest BCUT2D eigenvalue weighted by molar-refractivity contribution is 6.71. The third kappa shape index (κ3) is 10.2. The van der Waals surface area contributed by atoms with Crippen LogP contribution in [0.25, 0.3) is 0 Å². The van der Waals surface area contributed by atoms with Gasteiger partial charge in [0.2, 0.25) is 8.32 Å². The maximum Gasteiger partial charge on any atom is 0.500 e. The van der Waals surface area contributed by atoms with Crippen molar-refractivity contribution < 1.29 is 22.5 Å². The molecule has 0 aromatic heterocycles. The summed E-state index contributed by atoms with van der Waals surface area (Å²) >= 11 is 0. The molecule has 126 valence electrons. The van der Waals surface area contributed by atoms with Crippen LogP contribution in [0.1, 0.15) is 19.8 Å². The molecule has 0 heterocycles. The van der Waals surface area contributed by atoms with Gasteiger partial charge in [0.05, 0.1) is 6.54 Å². The SMILES string of the molecule is CCCO[Si](CCCNCC(=O)O[Si](C)(C)C)(OC)OC. The van der Waals surface area contributed by atoms with Crippen molar-refractivity contribution in [1.82, 2.24) is 5.32 Å². The molecule has 21 heavy (non-hydrogen) atoms. The van der Waals surface area contributed by atoms with Crippen molar-refractivity contribution in [3.63, 3.8) is 0 Å². The Kier molecular flexibility index (Phi) is 10.3. The predicted molar refractivity (Wildman–Crippen MR) is 87.7 cm³/mol. The summed E-state index contributed by atoms with van der Waals surface area (Å²) < 4.78 is 22.0. The molecule has 0 saturated heterocycles. The zero-order valence-corrected chi connectivity index (χ0v) is 16.3. The van der Waals surface area contributed by atoms with Crippen LogP contribution >= 0.6 is 0 Å². The lowest BCUT2D eigenvalue weighted by atomic mass is 10.5. The second kappa shape index (κ2) is 10.5. The van der Waals surface area contributed by atoms with Crippen LogP contribution < -0.4 is 5.32 Å². The van der Waals surface area contributed by atoms with E-state index in [0.717, 1.165) is 18.9 Å². The third-order valence-corrected chi connectivity index (χ3v) is 6.37. The second-order valence-electron chi connectivity index (χ2n) is 5.81. The number of nitrogens with one attached hydrogen (secondary N) is 1. The van der Waals surface area contributed by atoms with Gasteiger partial charge >= 0.3 is 14.8 Å². The Hall–Kier alpha value is -0.256. The van der Waals surface area contributed by atoms with Gasteiger partial charge in [-0.15, -0.1) is 0 Å². The van der Waals surface area contributed by atoms with Crippen molar-refractivity contribution in [3.05, 3.63) is 0 Å². The zero-order chi connectivity index (χ0) is 16.4. The van der Waals surface area contributed by atoms with E-state index in [4.69, 9.17) is 17.7 Å². The Bertz CT molecular complexity index is 293. The smallest absolute Gasteiger partial charge is 0.500 e. The summed E-state index contributed by atoms with van der Waals surface area (Å²) in [5, 5.41) is 3.09. The van der Waals surface area contributed by atoms with Crippen LogP contribution in [0.2, 0.25) is 25.7 Å². The van der Waals surface area contributed by atoms with Crippen molar-refractivity contribution in [2.24, 2.45) is 0 Å².